The number of fused-ring (bicyclic) bond motifs is 3. The lowest BCUT2D eigenvalue weighted by molar-refractivity contribution is -0.138. The molecule has 2 aliphatic heterocycles. The van der Waals surface area contributed by atoms with E-state index in [0.717, 1.165) is 24.2 Å². The van der Waals surface area contributed by atoms with E-state index in [-0.39, 0.29) is 18.1 Å². The maximum Gasteiger partial charge on any atom is 0.222 e. The van der Waals surface area contributed by atoms with E-state index in [4.69, 9.17) is 14.2 Å². The Hall–Kier alpha value is -2.61. The van der Waals surface area contributed by atoms with Crippen LogP contribution < -0.4 is 9.47 Å². The standard InChI is InChI=1S/C19H24N4O4/c1-25-17-5-3-13(9-18(17)26-2)4-6-19(24)22-8-7-16-15(11-22)23-14(12-27-16)10-20-21-23/h3,5,9-10,15-16H,4,6-8,11-12H2,1-2H3/t15-,16-/m1/s1. The summed E-state index contributed by atoms with van der Waals surface area (Å²) in [5, 5.41) is 8.17. The number of hydrogen-bond acceptors (Lipinski definition) is 6. The molecule has 1 amide bonds. The molecule has 3 heterocycles. The van der Waals surface area contributed by atoms with Crippen LogP contribution in [0.3, 0.4) is 0 Å². The molecule has 4 rings (SSSR count). The van der Waals surface area contributed by atoms with Crippen LogP contribution in [-0.4, -0.2) is 59.2 Å². The van der Waals surface area contributed by atoms with Gasteiger partial charge in [0.2, 0.25) is 5.91 Å². The first-order valence-electron chi connectivity index (χ1n) is 9.19. The number of nitrogens with zero attached hydrogens (tertiary/aromatic N) is 4. The molecule has 0 spiro atoms. The van der Waals surface area contributed by atoms with Gasteiger partial charge in [0.1, 0.15) is 0 Å². The van der Waals surface area contributed by atoms with Crippen molar-refractivity contribution >= 4 is 5.91 Å². The molecule has 2 atom stereocenters. The molecular weight excluding hydrogens is 348 g/mol. The Labute approximate surface area is 158 Å². The highest BCUT2D eigenvalue weighted by Crippen LogP contribution is 2.31. The quantitative estimate of drug-likeness (QED) is 0.793. The number of hydrogen-bond donors (Lipinski definition) is 0. The van der Waals surface area contributed by atoms with Gasteiger partial charge in [0.05, 0.1) is 44.9 Å². The molecule has 27 heavy (non-hydrogen) atoms. The Morgan fingerprint density at radius 1 is 1.30 bits per heavy atom. The van der Waals surface area contributed by atoms with Gasteiger partial charge in [0, 0.05) is 19.5 Å². The van der Waals surface area contributed by atoms with Crippen molar-refractivity contribution in [2.75, 3.05) is 27.3 Å². The number of aryl methyl sites for hydroxylation is 1. The summed E-state index contributed by atoms with van der Waals surface area (Å²) >= 11 is 0. The number of rotatable bonds is 5. The smallest absolute Gasteiger partial charge is 0.222 e. The van der Waals surface area contributed by atoms with Gasteiger partial charge in [-0.2, -0.15) is 0 Å². The number of methoxy groups -OCH3 is 2. The Balaban J connectivity index is 1.38. The van der Waals surface area contributed by atoms with Crippen molar-refractivity contribution in [3.63, 3.8) is 0 Å². The van der Waals surface area contributed by atoms with Gasteiger partial charge in [-0.25, -0.2) is 4.68 Å². The van der Waals surface area contributed by atoms with Crippen molar-refractivity contribution in [1.82, 2.24) is 19.9 Å². The van der Waals surface area contributed by atoms with Gasteiger partial charge in [0.25, 0.3) is 0 Å². The molecule has 2 aromatic rings. The van der Waals surface area contributed by atoms with Crippen LogP contribution in [-0.2, 0) is 22.6 Å². The van der Waals surface area contributed by atoms with Gasteiger partial charge < -0.3 is 19.1 Å². The summed E-state index contributed by atoms with van der Waals surface area (Å²) in [4.78, 5) is 14.7. The molecule has 8 nitrogen and oxygen atoms in total. The zero-order valence-electron chi connectivity index (χ0n) is 15.6. The minimum Gasteiger partial charge on any atom is -0.493 e. The Kier molecular flexibility index (Phi) is 4.98. The minimum absolute atomic E-state index is 0.0510. The van der Waals surface area contributed by atoms with Crippen LogP contribution in [0.25, 0.3) is 0 Å². The average Bonchev–Trinajstić information content (AvgIpc) is 3.20. The lowest BCUT2D eigenvalue weighted by atomic mass is 9.99. The first-order chi connectivity index (χ1) is 13.2. The van der Waals surface area contributed by atoms with Crippen molar-refractivity contribution in [2.24, 2.45) is 0 Å². The van der Waals surface area contributed by atoms with E-state index in [0.29, 0.717) is 37.5 Å². The van der Waals surface area contributed by atoms with Crippen molar-refractivity contribution in [3.8, 4) is 11.5 Å². The van der Waals surface area contributed by atoms with E-state index in [9.17, 15) is 4.79 Å². The molecule has 1 fully saturated rings. The monoisotopic (exact) mass is 372 g/mol. The summed E-state index contributed by atoms with van der Waals surface area (Å²) in [5.41, 5.74) is 2.02. The summed E-state index contributed by atoms with van der Waals surface area (Å²) in [6, 6.07) is 5.82. The van der Waals surface area contributed by atoms with Gasteiger partial charge in [-0.05, 0) is 30.5 Å². The first-order valence-corrected chi connectivity index (χ1v) is 9.19. The fourth-order valence-electron chi connectivity index (χ4n) is 3.85. The Bertz CT molecular complexity index is 822. The van der Waals surface area contributed by atoms with Gasteiger partial charge in [0.15, 0.2) is 11.5 Å². The van der Waals surface area contributed by atoms with Crippen molar-refractivity contribution in [3.05, 3.63) is 35.7 Å². The van der Waals surface area contributed by atoms with Crippen LogP contribution in [0.1, 0.15) is 30.1 Å². The number of carbonyl (C=O) groups is 1. The summed E-state index contributed by atoms with van der Waals surface area (Å²) in [5.74, 6) is 1.52. The molecule has 1 aromatic heterocycles. The third-order valence-corrected chi connectivity index (χ3v) is 5.36. The maximum absolute atomic E-state index is 12.8. The lowest BCUT2D eigenvalue weighted by Crippen LogP contribution is -2.49. The van der Waals surface area contributed by atoms with Gasteiger partial charge >= 0.3 is 0 Å². The number of carbonyl (C=O) groups excluding carboxylic acids is 1. The first kappa shape index (κ1) is 17.8. The molecule has 2 aliphatic rings. The van der Waals surface area contributed by atoms with Crippen molar-refractivity contribution in [1.29, 1.82) is 0 Å². The second kappa shape index (κ2) is 7.56. The summed E-state index contributed by atoms with van der Waals surface area (Å²) < 4.78 is 18.4. The van der Waals surface area contributed by atoms with E-state index in [1.165, 1.54) is 0 Å². The van der Waals surface area contributed by atoms with Gasteiger partial charge in [-0.3, -0.25) is 4.79 Å². The third-order valence-electron chi connectivity index (χ3n) is 5.36. The molecule has 8 heteroatoms. The van der Waals surface area contributed by atoms with Crippen molar-refractivity contribution in [2.45, 2.75) is 38.0 Å². The number of amides is 1. The molecule has 0 radical (unpaired) electrons. The summed E-state index contributed by atoms with van der Waals surface area (Å²) in [6.45, 7) is 1.88. The number of piperidine rings is 1. The molecule has 0 saturated carbocycles. The molecular formula is C19H24N4O4. The molecule has 0 N–H and O–H groups in total. The molecule has 0 bridgehead atoms. The third kappa shape index (κ3) is 3.49. The van der Waals surface area contributed by atoms with E-state index < -0.39 is 0 Å². The molecule has 1 aromatic carbocycles. The highest BCUT2D eigenvalue weighted by atomic mass is 16.5. The zero-order chi connectivity index (χ0) is 18.8. The largest absolute Gasteiger partial charge is 0.493 e. The molecule has 0 unspecified atom stereocenters. The number of ether oxygens (including phenoxy) is 3. The highest BCUT2D eigenvalue weighted by Gasteiger charge is 2.37. The second-order valence-electron chi connectivity index (χ2n) is 6.90. The summed E-state index contributed by atoms with van der Waals surface area (Å²) in [7, 11) is 3.22. The zero-order valence-corrected chi connectivity index (χ0v) is 15.6. The van der Waals surface area contributed by atoms with Crippen LogP contribution in [0, 0.1) is 0 Å². The highest BCUT2D eigenvalue weighted by molar-refractivity contribution is 5.76. The van der Waals surface area contributed by atoms with Crippen LogP contribution in [0.2, 0.25) is 0 Å². The van der Waals surface area contributed by atoms with Gasteiger partial charge in [-0.1, -0.05) is 11.3 Å². The predicted molar refractivity (Wildman–Crippen MR) is 96.7 cm³/mol. The van der Waals surface area contributed by atoms with E-state index in [1.807, 2.05) is 27.8 Å². The van der Waals surface area contributed by atoms with Crippen LogP contribution in [0.15, 0.2) is 24.4 Å². The topological polar surface area (TPSA) is 78.7 Å². The number of likely N-dealkylation sites (tertiary alicyclic amines) is 1. The minimum atomic E-state index is 0.0510. The molecule has 144 valence electrons. The van der Waals surface area contributed by atoms with Crippen LogP contribution >= 0.6 is 0 Å². The maximum atomic E-state index is 12.8. The van der Waals surface area contributed by atoms with E-state index in [1.54, 1.807) is 20.4 Å². The van der Waals surface area contributed by atoms with E-state index in [2.05, 4.69) is 10.3 Å². The fraction of sp³-hybridized carbons (Fsp3) is 0.526. The predicted octanol–water partition coefficient (Wildman–Crippen LogP) is 1.60. The second-order valence-corrected chi connectivity index (χ2v) is 6.90. The van der Waals surface area contributed by atoms with Crippen molar-refractivity contribution < 1.29 is 19.0 Å². The molecule has 1 saturated heterocycles. The average molecular weight is 372 g/mol. The fourth-order valence-corrected chi connectivity index (χ4v) is 3.85. The normalized spacial score (nSPS) is 21.3. The summed E-state index contributed by atoms with van der Waals surface area (Å²) in [6.07, 6.45) is 3.78. The lowest BCUT2D eigenvalue weighted by Gasteiger charge is -2.41. The van der Waals surface area contributed by atoms with E-state index >= 15 is 0 Å². The van der Waals surface area contributed by atoms with Gasteiger partial charge in [-0.15, -0.1) is 5.10 Å². The number of aromatic nitrogens is 3. The SMILES string of the molecule is COc1ccc(CCC(=O)N2CC[C@H]3OCc4cnnn4[C@@H]3C2)cc1OC. The van der Waals surface area contributed by atoms with Crippen LogP contribution in [0.4, 0.5) is 0 Å². The number of benzene rings is 1. The van der Waals surface area contributed by atoms with Crippen LogP contribution in [0.5, 0.6) is 11.5 Å². The molecule has 0 aliphatic carbocycles. The Morgan fingerprint density at radius 3 is 2.96 bits per heavy atom. The Morgan fingerprint density at radius 2 is 2.15 bits per heavy atom.